The van der Waals surface area contributed by atoms with Crippen LogP contribution in [0.1, 0.15) is 11.3 Å². The van der Waals surface area contributed by atoms with Gasteiger partial charge in [-0.3, -0.25) is 4.98 Å². The average molecular weight is 520 g/mol. The second kappa shape index (κ2) is 10.4. The molecule has 5 aromatic rings. The molecule has 1 atom stereocenters. The average Bonchev–Trinajstić information content (AvgIpc) is 3.40. The molecule has 7 rings (SSSR count). The number of benzene rings is 2. The van der Waals surface area contributed by atoms with Crippen LogP contribution in [-0.4, -0.2) is 71.6 Å². The fourth-order valence-corrected chi connectivity index (χ4v) is 5.83. The number of hydrogen-bond donors (Lipinski definition) is 2. The number of imidazole rings is 1. The van der Waals surface area contributed by atoms with E-state index in [0.717, 1.165) is 97.0 Å². The SMILES string of the molecule is Cc1nn2c(-c3ccnc4cc(CC5COCCN5)ccc34)cnc2cc1-c1ccc(N2CCNCC2)cc1. The van der Waals surface area contributed by atoms with E-state index in [0.29, 0.717) is 6.04 Å². The number of fused-ring (bicyclic) bond motifs is 2. The molecule has 2 fully saturated rings. The summed E-state index contributed by atoms with van der Waals surface area (Å²) in [6, 6.07) is 20.0. The van der Waals surface area contributed by atoms with Gasteiger partial charge in [-0.25, -0.2) is 9.50 Å². The van der Waals surface area contributed by atoms with Gasteiger partial charge in [-0.05, 0) is 54.8 Å². The maximum Gasteiger partial charge on any atom is 0.154 e. The Kier molecular flexibility index (Phi) is 6.44. The molecule has 2 aliphatic rings. The van der Waals surface area contributed by atoms with Crippen molar-refractivity contribution in [3.8, 4) is 22.4 Å². The molecule has 8 heteroatoms. The van der Waals surface area contributed by atoms with Crippen LogP contribution in [0.5, 0.6) is 0 Å². The molecule has 2 N–H and O–H groups in total. The zero-order valence-electron chi connectivity index (χ0n) is 22.2. The third-order valence-corrected chi connectivity index (χ3v) is 7.90. The Bertz CT molecular complexity index is 1620. The van der Waals surface area contributed by atoms with Crippen LogP contribution in [0.15, 0.2) is 67.0 Å². The van der Waals surface area contributed by atoms with Gasteiger partial charge in [0.05, 0.1) is 36.3 Å². The van der Waals surface area contributed by atoms with E-state index in [2.05, 4.69) is 82.0 Å². The van der Waals surface area contributed by atoms with Crippen molar-refractivity contribution in [3.05, 3.63) is 78.2 Å². The molecule has 5 heterocycles. The highest BCUT2D eigenvalue weighted by Gasteiger charge is 2.17. The van der Waals surface area contributed by atoms with Gasteiger partial charge >= 0.3 is 0 Å². The summed E-state index contributed by atoms with van der Waals surface area (Å²) in [5.74, 6) is 0. The van der Waals surface area contributed by atoms with Gasteiger partial charge in [0.25, 0.3) is 0 Å². The lowest BCUT2D eigenvalue weighted by Crippen LogP contribution is -2.43. The lowest BCUT2D eigenvalue weighted by molar-refractivity contribution is 0.0770. The zero-order chi connectivity index (χ0) is 26.2. The number of nitrogens with one attached hydrogen (secondary N) is 2. The number of morpholine rings is 1. The third-order valence-electron chi connectivity index (χ3n) is 7.90. The Labute approximate surface area is 228 Å². The number of hydrogen-bond acceptors (Lipinski definition) is 7. The van der Waals surface area contributed by atoms with E-state index in [-0.39, 0.29) is 0 Å². The third kappa shape index (κ3) is 4.76. The van der Waals surface area contributed by atoms with Gasteiger partial charge in [0.2, 0.25) is 0 Å². The van der Waals surface area contributed by atoms with E-state index < -0.39 is 0 Å². The lowest BCUT2D eigenvalue weighted by Gasteiger charge is -2.29. The van der Waals surface area contributed by atoms with Gasteiger partial charge < -0.3 is 20.3 Å². The second-order valence-corrected chi connectivity index (χ2v) is 10.5. The smallest absolute Gasteiger partial charge is 0.154 e. The first kappa shape index (κ1) is 24.2. The van der Waals surface area contributed by atoms with Crippen molar-refractivity contribution in [2.24, 2.45) is 0 Å². The first-order valence-corrected chi connectivity index (χ1v) is 13.8. The quantitative estimate of drug-likeness (QED) is 0.365. The summed E-state index contributed by atoms with van der Waals surface area (Å²) in [6.07, 6.45) is 4.73. The topological polar surface area (TPSA) is 79.6 Å². The van der Waals surface area contributed by atoms with E-state index in [1.54, 1.807) is 0 Å². The molecule has 0 spiro atoms. The van der Waals surface area contributed by atoms with Crippen LogP contribution in [0.4, 0.5) is 5.69 Å². The van der Waals surface area contributed by atoms with Crippen molar-refractivity contribution >= 4 is 22.2 Å². The van der Waals surface area contributed by atoms with Crippen molar-refractivity contribution < 1.29 is 4.74 Å². The summed E-state index contributed by atoms with van der Waals surface area (Å²) in [6.45, 7) is 8.67. The van der Waals surface area contributed by atoms with Gasteiger partial charge in [-0.1, -0.05) is 24.3 Å². The zero-order valence-corrected chi connectivity index (χ0v) is 22.2. The van der Waals surface area contributed by atoms with E-state index in [1.807, 2.05) is 16.9 Å². The predicted molar refractivity (Wildman–Crippen MR) is 155 cm³/mol. The molecule has 2 saturated heterocycles. The van der Waals surface area contributed by atoms with Gasteiger partial charge in [0.1, 0.15) is 0 Å². The molecular formula is C31H33N7O. The number of anilines is 1. The number of pyridine rings is 1. The maximum atomic E-state index is 5.63. The van der Waals surface area contributed by atoms with E-state index in [9.17, 15) is 0 Å². The highest BCUT2D eigenvalue weighted by atomic mass is 16.5. The van der Waals surface area contributed by atoms with E-state index >= 15 is 0 Å². The number of rotatable bonds is 5. The van der Waals surface area contributed by atoms with Crippen LogP contribution in [-0.2, 0) is 11.2 Å². The minimum absolute atomic E-state index is 0.345. The number of ether oxygens (including phenoxy) is 1. The van der Waals surface area contributed by atoms with Gasteiger partial charge in [-0.15, -0.1) is 0 Å². The Balaban J connectivity index is 1.20. The molecule has 0 bridgehead atoms. The summed E-state index contributed by atoms with van der Waals surface area (Å²) in [5.41, 5.74) is 9.63. The lowest BCUT2D eigenvalue weighted by atomic mass is 10.0. The van der Waals surface area contributed by atoms with Crippen molar-refractivity contribution in [1.82, 2.24) is 30.2 Å². The molecule has 198 valence electrons. The number of aryl methyl sites for hydroxylation is 1. The normalized spacial score (nSPS) is 18.2. The van der Waals surface area contributed by atoms with Crippen molar-refractivity contribution in [3.63, 3.8) is 0 Å². The molecule has 2 aliphatic heterocycles. The molecule has 3 aromatic heterocycles. The fourth-order valence-electron chi connectivity index (χ4n) is 5.83. The maximum absolute atomic E-state index is 5.63. The number of piperazine rings is 1. The van der Waals surface area contributed by atoms with Crippen LogP contribution in [0.2, 0.25) is 0 Å². The summed E-state index contributed by atoms with van der Waals surface area (Å²) in [5, 5.41) is 13.1. The first-order valence-electron chi connectivity index (χ1n) is 13.8. The first-order chi connectivity index (χ1) is 19.2. The highest BCUT2D eigenvalue weighted by molar-refractivity contribution is 5.94. The largest absolute Gasteiger partial charge is 0.379 e. The summed E-state index contributed by atoms with van der Waals surface area (Å²) in [4.78, 5) is 11.9. The van der Waals surface area contributed by atoms with Gasteiger partial charge in [0, 0.05) is 67.2 Å². The Morgan fingerprint density at radius 2 is 1.82 bits per heavy atom. The van der Waals surface area contributed by atoms with Gasteiger partial charge in [-0.2, -0.15) is 5.10 Å². The second-order valence-electron chi connectivity index (χ2n) is 10.5. The van der Waals surface area contributed by atoms with Crippen molar-refractivity contribution in [2.75, 3.05) is 50.8 Å². The van der Waals surface area contributed by atoms with Crippen molar-refractivity contribution in [2.45, 2.75) is 19.4 Å². The molecule has 0 radical (unpaired) electrons. The summed E-state index contributed by atoms with van der Waals surface area (Å²) < 4.78 is 7.59. The fraction of sp³-hybridized carbons (Fsp3) is 0.323. The molecule has 0 aliphatic carbocycles. The van der Waals surface area contributed by atoms with Crippen LogP contribution >= 0.6 is 0 Å². The molecule has 2 aromatic carbocycles. The molecule has 0 saturated carbocycles. The predicted octanol–water partition coefficient (Wildman–Crippen LogP) is 3.86. The molecule has 39 heavy (non-hydrogen) atoms. The Morgan fingerprint density at radius 3 is 2.64 bits per heavy atom. The summed E-state index contributed by atoms with van der Waals surface area (Å²) in [7, 11) is 0. The van der Waals surface area contributed by atoms with Crippen LogP contribution in [0, 0.1) is 6.92 Å². The number of aromatic nitrogens is 4. The van der Waals surface area contributed by atoms with Crippen LogP contribution < -0.4 is 15.5 Å². The van der Waals surface area contributed by atoms with Gasteiger partial charge in [0.15, 0.2) is 5.65 Å². The minimum atomic E-state index is 0.345. The Morgan fingerprint density at radius 1 is 0.949 bits per heavy atom. The molecular weight excluding hydrogens is 486 g/mol. The molecule has 1 unspecified atom stereocenters. The minimum Gasteiger partial charge on any atom is -0.379 e. The monoisotopic (exact) mass is 519 g/mol. The van der Waals surface area contributed by atoms with Crippen molar-refractivity contribution in [1.29, 1.82) is 0 Å². The molecule has 0 amide bonds. The highest BCUT2D eigenvalue weighted by Crippen LogP contribution is 2.31. The molecule has 8 nitrogen and oxygen atoms in total. The van der Waals surface area contributed by atoms with E-state index in [4.69, 9.17) is 14.8 Å². The van der Waals surface area contributed by atoms with E-state index in [1.165, 1.54) is 11.3 Å². The standard InChI is InChI=1S/C31H33N7O/c1-21-28(23-3-5-25(6-4-23)37-13-10-32-11-14-37)18-31-35-19-30(38(31)36-21)27-8-9-34-29-17-22(2-7-26(27)29)16-24-20-39-15-12-33-24/h2-9,17-19,24,32-33H,10-16,20H2,1H3. The van der Waals surface area contributed by atoms with Crippen LogP contribution in [0.25, 0.3) is 38.9 Å². The Hall–Kier alpha value is -3.85. The number of nitrogens with zero attached hydrogens (tertiary/aromatic N) is 5. The van der Waals surface area contributed by atoms with Crippen LogP contribution in [0.3, 0.4) is 0 Å². The summed E-state index contributed by atoms with van der Waals surface area (Å²) >= 11 is 0.